The van der Waals surface area contributed by atoms with Gasteiger partial charge >= 0.3 is 6.09 Å². The van der Waals surface area contributed by atoms with Crippen LogP contribution >= 0.6 is 0 Å². The zero-order valence-corrected chi connectivity index (χ0v) is 16.0. The number of aromatic nitrogens is 3. The summed E-state index contributed by atoms with van der Waals surface area (Å²) in [5, 5.41) is 11.8. The Hall–Kier alpha value is -2.37. The number of hydrogen-bond donors (Lipinski definition) is 1. The van der Waals surface area contributed by atoms with E-state index in [9.17, 15) is 4.79 Å². The van der Waals surface area contributed by atoms with E-state index in [4.69, 9.17) is 4.74 Å². The van der Waals surface area contributed by atoms with Gasteiger partial charge in [-0.25, -0.2) is 4.79 Å². The SMILES string of the molecule is Cn1c(Cc2ccccc2)nnc1[C@@H]1CC[C@H](NC(=O)OC(C)(C)C)C1. The summed E-state index contributed by atoms with van der Waals surface area (Å²) >= 11 is 0. The lowest BCUT2D eigenvalue weighted by atomic mass is 10.1. The maximum absolute atomic E-state index is 12.0. The van der Waals surface area contributed by atoms with Crippen molar-refractivity contribution in [2.75, 3.05) is 0 Å². The average molecular weight is 356 g/mol. The van der Waals surface area contributed by atoms with Crippen molar-refractivity contribution in [1.82, 2.24) is 20.1 Å². The first kappa shape index (κ1) is 18.4. The van der Waals surface area contributed by atoms with Gasteiger partial charge in [0.25, 0.3) is 0 Å². The van der Waals surface area contributed by atoms with Gasteiger partial charge in [0, 0.05) is 25.4 Å². The molecule has 1 aromatic carbocycles. The predicted molar refractivity (Wildman–Crippen MR) is 100 cm³/mol. The van der Waals surface area contributed by atoms with Crippen molar-refractivity contribution in [2.24, 2.45) is 7.05 Å². The van der Waals surface area contributed by atoms with Crippen LogP contribution in [-0.4, -0.2) is 32.5 Å². The summed E-state index contributed by atoms with van der Waals surface area (Å²) in [5.74, 6) is 2.29. The molecule has 2 atom stereocenters. The number of rotatable bonds is 4. The maximum atomic E-state index is 12.0. The third-order valence-electron chi connectivity index (χ3n) is 4.72. The van der Waals surface area contributed by atoms with Crippen LogP contribution in [0.15, 0.2) is 30.3 Å². The Bertz CT molecular complexity index is 749. The third-order valence-corrected chi connectivity index (χ3v) is 4.72. The lowest BCUT2D eigenvalue weighted by Crippen LogP contribution is -2.37. The van der Waals surface area contributed by atoms with Crippen LogP contribution in [0.1, 0.15) is 63.2 Å². The molecule has 6 heteroatoms. The Kier molecular flexibility index (Phi) is 5.30. The van der Waals surface area contributed by atoms with E-state index in [1.807, 2.05) is 46.0 Å². The van der Waals surface area contributed by atoms with E-state index in [2.05, 4.69) is 32.2 Å². The molecule has 2 aromatic rings. The van der Waals surface area contributed by atoms with Crippen LogP contribution in [0.3, 0.4) is 0 Å². The summed E-state index contributed by atoms with van der Waals surface area (Å²) in [5.41, 5.74) is 0.753. The van der Waals surface area contributed by atoms with Crippen molar-refractivity contribution in [1.29, 1.82) is 0 Å². The van der Waals surface area contributed by atoms with Crippen LogP contribution in [0.4, 0.5) is 4.79 Å². The van der Waals surface area contributed by atoms with Gasteiger partial charge in [-0.05, 0) is 45.6 Å². The molecule has 1 aromatic heterocycles. The van der Waals surface area contributed by atoms with E-state index in [-0.39, 0.29) is 12.1 Å². The van der Waals surface area contributed by atoms with E-state index >= 15 is 0 Å². The minimum absolute atomic E-state index is 0.129. The molecular weight excluding hydrogens is 328 g/mol. The Balaban J connectivity index is 1.60. The first-order valence-corrected chi connectivity index (χ1v) is 9.23. The van der Waals surface area contributed by atoms with Gasteiger partial charge in [0.2, 0.25) is 0 Å². The van der Waals surface area contributed by atoms with Crippen LogP contribution in [0.25, 0.3) is 0 Å². The Morgan fingerprint density at radius 1 is 1.23 bits per heavy atom. The van der Waals surface area contributed by atoms with Crippen LogP contribution < -0.4 is 5.32 Å². The fourth-order valence-corrected chi connectivity index (χ4v) is 3.48. The number of carbonyl (C=O) groups is 1. The second-order valence-electron chi connectivity index (χ2n) is 8.05. The fourth-order valence-electron chi connectivity index (χ4n) is 3.48. The molecule has 1 aliphatic carbocycles. The van der Waals surface area contributed by atoms with Crippen molar-refractivity contribution in [3.8, 4) is 0 Å². The highest BCUT2D eigenvalue weighted by molar-refractivity contribution is 5.68. The van der Waals surface area contributed by atoms with Gasteiger partial charge in [0.1, 0.15) is 17.2 Å². The van der Waals surface area contributed by atoms with Gasteiger partial charge in [-0.3, -0.25) is 0 Å². The zero-order chi connectivity index (χ0) is 18.7. The molecule has 1 heterocycles. The Morgan fingerprint density at radius 2 is 1.96 bits per heavy atom. The highest BCUT2D eigenvalue weighted by Crippen LogP contribution is 2.33. The number of alkyl carbamates (subject to hydrolysis) is 1. The normalized spacial score (nSPS) is 20.2. The number of amides is 1. The molecule has 1 amide bonds. The monoisotopic (exact) mass is 356 g/mol. The molecule has 0 unspecified atom stereocenters. The largest absolute Gasteiger partial charge is 0.444 e. The Morgan fingerprint density at radius 3 is 2.65 bits per heavy atom. The lowest BCUT2D eigenvalue weighted by molar-refractivity contribution is 0.0505. The molecule has 1 aliphatic rings. The van der Waals surface area contributed by atoms with Gasteiger partial charge in [0.05, 0.1) is 0 Å². The molecule has 0 radical (unpaired) electrons. The number of ether oxygens (including phenoxy) is 1. The third kappa shape index (κ3) is 4.62. The zero-order valence-electron chi connectivity index (χ0n) is 16.0. The minimum atomic E-state index is -0.474. The minimum Gasteiger partial charge on any atom is -0.444 e. The van der Waals surface area contributed by atoms with Crippen molar-refractivity contribution >= 4 is 6.09 Å². The van der Waals surface area contributed by atoms with Gasteiger partial charge in [0.15, 0.2) is 0 Å². The van der Waals surface area contributed by atoms with E-state index in [1.165, 1.54) is 5.56 Å². The second-order valence-corrected chi connectivity index (χ2v) is 8.05. The van der Waals surface area contributed by atoms with Crippen molar-refractivity contribution in [2.45, 2.75) is 64.0 Å². The first-order chi connectivity index (χ1) is 12.3. The van der Waals surface area contributed by atoms with Crippen LogP contribution in [0.2, 0.25) is 0 Å². The smallest absolute Gasteiger partial charge is 0.407 e. The summed E-state index contributed by atoms with van der Waals surface area (Å²) in [6, 6.07) is 10.4. The summed E-state index contributed by atoms with van der Waals surface area (Å²) in [4.78, 5) is 12.0. The standard InChI is InChI=1S/C20H28N4O2/c1-20(2,3)26-19(25)21-16-11-10-15(13-16)18-23-22-17(24(18)4)12-14-8-6-5-7-9-14/h5-9,15-16H,10-13H2,1-4H3,(H,21,25)/t15-,16+/m1/s1. The van der Waals surface area contributed by atoms with Crippen LogP contribution in [-0.2, 0) is 18.2 Å². The lowest BCUT2D eigenvalue weighted by Gasteiger charge is -2.21. The van der Waals surface area contributed by atoms with Gasteiger partial charge < -0.3 is 14.6 Å². The quantitative estimate of drug-likeness (QED) is 0.909. The van der Waals surface area contributed by atoms with Crippen molar-refractivity contribution < 1.29 is 9.53 Å². The molecule has 3 rings (SSSR count). The van der Waals surface area contributed by atoms with Crippen LogP contribution in [0.5, 0.6) is 0 Å². The second kappa shape index (κ2) is 7.48. The molecule has 0 aliphatic heterocycles. The number of hydrogen-bond acceptors (Lipinski definition) is 4. The molecular formula is C20H28N4O2. The number of carbonyl (C=O) groups excluding carboxylic acids is 1. The summed E-state index contributed by atoms with van der Waals surface area (Å²) < 4.78 is 7.46. The van der Waals surface area contributed by atoms with E-state index < -0.39 is 5.60 Å². The van der Waals surface area contributed by atoms with Crippen molar-refractivity contribution in [3.05, 3.63) is 47.5 Å². The molecule has 1 N–H and O–H groups in total. The van der Waals surface area contributed by atoms with Gasteiger partial charge in [-0.15, -0.1) is 10.2 Å². The van der Waals surface area contributed by atoms with Gasteiger partial charge in [-0.2, -0.15) is 0 Å². The molecule has 0 bridgehead atoms. The average Bonchev–Trinajstić information content (AvgIpc) is 3.14. The predicted octanol–water partition coefficient (Wildman–Crippen LogP) is 3.57. The summed E-state index contributed by atoms with van der Waals surface area (Å²) in [7, 11) is 2.03. The van der Waals surface area contributed by atoms with E-state index in [0.717, 1.165) is 37.3 Å². The molecule has 140 valence electrons. The maximum Gasteiger partial charge on any atom is 0.407 e. The van der Waals surface area contributed by atoms with E-state index in [0.29, 0.717) is 5.92 Å². The highest BCUT2D eigenvalue weighted by atomic mass is 16.6. The van der Waals surface area contributed by atoms with Crippen molar-refractivity contribution in [3.63, 3.8) is 0 Å². The summed E-state index contributed by atoms with van der Waals surface area (Å²) in [6.45, 7) is 5.62. The molecule has 1 fully saturated rings. The first-order valence-electron chi connectivity index (χ1n) is 9.23. The number of nitrogens with zero attached hydrogens (tertiary/aromatic N) is 3. The molecule has 1 saturated carbocycles. The fraction of sp³-hybridized carbons (Fsp3) is 0.550. The van der Waals surface area contributed by atoms with Gasteiger partial charge in [-0.1, -0.05) is 30.3 Å². The van der Waals surface area contributed by atoms with E-state index in [1.54, 1.807) is 0 Å². The molecule has 0 spiro atoms. The Labute approximate surface area is 155 Å². The number of nitrogens with one attached hydrogen (secondary N) is 1. The molecule has 0 saturated heterocycles. The number of benzene rings is 1. The summed E-state index contributed by atoms with van der Waals surface area (Å²) in [6.07, 6.45) is 3.24. The van der Waals surface area contributed by atoms with Crippen LogP contribution in [0, 0.1) is 0 Å². The molecule has 6 nitrogen and oxygen atoms in total. The molecule has 26 heavy (non-hydrogen) atoms. The highest BCUT2D eigenvalue weighted by Gasteiger charge is 2.31. The topological polar surface area (TPSA) is 69.0 Å².